The van der Waals surface area contributed by atoms with Gasteiger partial charge < -0.3 is 0 Å². The first-order valence-electron chi connectivity index (χ1n) is 2.35. The Balaban J connectivity index is 2.85. The molecule has 1 rings (SSSR count). The lowest BCUT2D eigenvalue weighted by Crippen LogP contribution is -1.48. The summed E-state index contributed by atoms with van der Waals surface area (Å²) < 4.78 is 0.791. The molecule has 0 N–H and O–H groups in total. The van der Waals surface area contributed by atoms with Crippen molar-refractivity contribution in [2.45, 2.75) is 0 Å². The quantitative estimate of drug-likeness (QED) is 0.617. The fourth-order valence-electron chi connectivity index (χ4n) is 0.480. The molecule has 1 heterocycles. The molecule has 0 aliphatic carbocycles. The van der Waals surface area contributed by atoms with Crippen molar-refractivity contribution in [1.82, 2.24) is 0 Å². The molecule has 3 heteroatoms. The van der Waals surface area contributed by atoms with E-state index in [9.17, 15) is 0 Å². The van der Waals surface area contributed by atoms with Crippen LogP contribution in [-0.2, 0) is 0 Å². The fourth-order valence-corrected chi connectivity index (χ4v) is 1.65. The number of thiophene rings is 1. The second-order valence-electron chi connectivity index (χ2n) is 1.43. The highest BCUT2D eigenvalue weighted by atomic mass is 35.5. The second kappa shape index (κ2) is 3.25. The van der Waals surface area contributed by atoms with Gasteiger partial charge in [-0.3, -0.25) is 0 Å². The molecule has 0 fully saturated rings. The van der Waals surface area contributed by atoms with E-state index in [1.807, 2.05) is 12.1 Å². The SMILES string of the molecule is Cl/C=C/c1ccc(Cl)s1. The lowest BCUT2D eigenvalue weighted by atomic mass is 10.5. The van der Waals surface area contributed by atoms with Gasteiger partial charge in [-0.15, -0.1) is 11.3 Å². The Labute approximate surface area is 67.7 Å². The highest BCUT2D eigenvalue weighted by Crippen LogP contribution is 2.22. The summed E-state index contributed by atoms with van der Waals surface area (Å²) in [6, 6.07) is 3.77. The van der Waals surface area contributed by atoms with Gasteiger partial charge in [-0.2, -0.15) is 0 Å². The van der Waals surface area contributed by atoms with E-state index in [-0.39, 0.29) is 0 Å². The van der Waals surface area contributed by atoms with Gasteiger partial charge >= 0.3 is 0 Å². The molecule has 1 aromatic heterocycles. The molecule has 0 spiro atoms. The third kappa shape index (κ3) is 2.01. The zero-order valence-corrected chi connectivity index (χ0v) is 6.80. The number of hydrogen-bond acceptors (Lipinski definition) is 1. The van der Waals surface area contributed by atoms with Gasteiger partial charge in [0.1, 0.15) is 0 Å². The Hall–Kier alpha value is 0.0200. The van der Waals surface area contributed by atoms with E-state index < -0.39 is 0 Å². The maximum absolute atomic E-state index is 5.64. The van der Waals surface area contributed by atoms with Crippen molar-refractivity contribution in [3.63, 3.8) is 0 Å². The van der Waals surface area contributed by atoms with E-state index in [1.54, 1.807) is 6.08 Å². The summed E-state index contributed by atoms with van der Waals surface area (Å²) in [4.78, 5) is 1.08. The Bertz CT molecular complexity index is 215. The van der Waals surface area contributed by atoms with Crippen LogP contribution in [-0.4, -0.2) is 0 Å². The van der Waals surface area contributed by atoms with E-state index in [4.69, 9.17) is 23.2 Å². The molecule has 0 radical (unpaired) electrons. The van der Waals surface area contributed by atoms with Crippen LogP contribution in [0, 0.1) is 0 Å². The third-order valence-electron chi connectivity index (χ3n) is 0.821. The van der Waals surface area contributed by atoms with E-state index >= 15 is 0 Å². The molecule has 1 aromatic rings. The largest absolute Gasteiger partial charge is 0.124 e. The summed E-state index contributed by atoms with van der Waals surface area (Å²) in [5, 5.41) is 0. The van der Waals surface area contributed by atoms with Crippen LogP contribution in [0.3, 0.4) is 0 Å². The Morgan fingerprint density at radius 1 is 1.44 bits per heavy atom. The minimum Gasteiger partial charge on any atom is -0.124 e. The zero-order chi connectivity index (χ0) is 6.69. The van der Waals surface area contributed by atoms with Crippen molar-refractivity contribution >= 4 is 40.6 Å². The van der Waals surface area contributed by atoms with Crippen molar-refractivity contribution in [2.75, 3.05) is 0 Å². The predicted octanol–water partition coefficient (Wildman–Crippen LogP) is 3.61. The molecular weight excluding hydrogens is 175 g/mol. The van der Waals surface area contributed by atoms with E-state index in [2.05, 4.69) is 0 Å². The molecule has 0 saturated carbocycles. The van der Waals surface area contributed by atoms with E-state index in [1.165, 1.54) is 16.9 Å². The molecule has 0 amide bonds. The van der Waals surface area contributed by atoms with Crippen molar-refractivity contribution < 1.29 is 0 Å². The molecular formula is C6H4Cl2S. The molecule has 48 valence electrons. The van der Waals surface area contributed by atoms with Crippen LogP contribution in [0.15, 0.2) is 17.7 Å². The number of hydrogen-bond donors (Lipinski definition) is 0. The minimum absolute atomic E-state index is 0.791. The monoisotopic (exact) mass is 178 g/mol. The fraction of sp³-hybridized carbons (Fsp3) is 0. The van der Waals surface area contributed by atoms with Crippen LogP contribution in [0.4, 0.5) is 0 Å². The van der Waals surface area contributed by atoms with Crippen molar-refractivity contribution in [3.05, 3.63) is 26.9 Å². The Morgan fingerprint density at radius 2 is 2.22 bits per heavy atom. The van der Waals surface area contributed by atoms with Gasteiger partial charge in [0.25, 0.3) is 0 Å². The Kier molecular flexibility index (Phi) is 2.58. The minimum atomic E-state index is 0.791. The van der Waals surface area contributed by atoms with Crippen molar-refractivity contribution in [1.29, 1.82) is 0 Å². The maximum Gasteiger partial charge on any atom is 0.0934 e. The molecule has 9 heavy (non-hydrogen) atoms. The molecule has 0 nitrogen and oxygen atoms in total. The lowest BCUT2D eigenvalue weighted by Gasteiger charge is -1.75. The van der Waals surface area contributed by atoms with E-state index in [0.29, 0.717) is 0 Å². The molecule has 0 saturated heterocycles. The van der Waals surface area contributed by atoms with Crippen LogP contribution < -0.4 is 0 Å². The summed E-state index contributed by atoms with van der Waals surface area (Å²) in [5.74, 6) is 0. The standard InChI is InChI=1S/C6H4Cl2S/c7-4-3-5-1-2-6(8)9-5/h1-4H/b4-3+. The van der Waals surface area contributed by atoms with Gasteiger partial charge in [0.2, 0.25) is 0 Å². The zero-order valence-electron chi connectivity index (χ0n) is 4.47. The average molecular weight is 179 g/mol. The average Bonchev–Trinajstić information content (AvgIpc) is 2.17. The number of halogens is 2. The second-order valence-corrected chi connectivity index (χ2v) is 3.43. The van der Waals surface area contributed by atoms with Gasteiger partial charge in [-0.05, 0) is 18.2 Å². The van der Waals surface area contributed by atoms with Gasteiger partial charge in [0, 0.05) is 10.4 Å². The molecule has 0 aliphatic heterocycles. The molecule has 0 unspecified atom stereocenters. The van der Waals surface area contributed by atoms with Gasteiger partial charge in [-0.1, -0.05) is 23.2 Å². The lowest BCUT2D eigenvalue weighted by molar-refractivity contribution is 1.96. The van der Waals surface area contributed by atoms with Crippen LogP contribution in [0.2, 0.25) is 4.34 Å². The highest BCUT2D eigenvalue weighted by molar-refractivity contribution is 7.17. The first-order valence-corrected chi connectivity index (χ1v) is 3.98. The number of rotatable bonds is 1. The van der Waals surface area contributed by atoms with Gasteiger partial charge in [0.15, 0.2) is 0 Å². The van der Waals surface area contributed by atoms with Crippen LogP contribution in [0.5, 0.6) is 0 Å². The van der Waals surface area contributed by atoms with E-state index in [0.717, 1.165) is 9.21 Å². The molecule has 0 aromatic carbocycles. The van der Waals surface area contributed by atoms with Gasteiger partial charge in [0.05, 0.1) is 4.34 Å². The summed E-state index contributed by atoms with van der Waals surface area (Å²) in [6.45, 7) is 0. The molecule has 0 bridgehead atoms. The van der Waals surface area contributed by atoms with Crippen LogP contribution in [0.25, 0.3) is 6.08 Å². The first kappa shape index (κ1) is 7.13. The van der Waals surface area contributed by atoms with Crippen LogP contribution in [0.1, 0.15) is 4.88 Å². The predicted molar refractivity (Wildman–Crippen MR) is 44.2 cm³/mol. The summed E-state index contributed by atoms with van der Waals surface area (Å²) >= 11 is 12.5. The topological polar surface area (TPSA) is 0 Å². The summed E-state index contributed by atoms with van der Waals surface area (Å²) in [6.07, 6.45) is 1.80. The summed E-state index contributed by atoms with van der Waals surface area (Å²) in [7, 11) is 0. The third-order valence-corrected chi connectivity index (χ3v) is 2.14. The smallest absolute Gasteiger partial charge is 0.0934 e. The van der Waals surface area contributed by atoms with Crippen molar-refractivity contribution in [3.8, 4) is 0 Å². The van der Waals surface area contributed by atoms with Crippen LogP contribution >= 0.6 is 34.5 Å². The molecule has 0 aliphatic rings. The molecule has 0 atom stereocenters. The Morgan fingerprint density at radius 3 is 2.67 bits per heavy atom. The van der Waals surface area contributed by atoms with Gasteiger partial charge in [-0.25, -0.2) is 0 Å². The normalized spacial score (nSPS) is 10.9. The highest BCUT2D eigenvalue weighted by Gasteiger charge is 1.90. The first-order chi connectivity index (χ1) is 4.33. The summed E-state index contributed by atoms with van der Waals surface area (Å²) in [5.41, 5.74) is 1.47. The maximum atomic E-state index is 5.64. The van der Waals surface area contributed by atoms with Crippen molar-refractivity contribution in [2.24, 2.45) is 0 Å².